The molecule has 1 fully saturated rings. The first-order valence-electron chi connectivity index (χ1n) is 8.76. The molecule has 0 spiro atoms. The van der Waals surface area contributed by atoms with E-state index in [1.54, 1.807) is 9.80 Å². The summed E-state index contributed by atoms with van der Waals surface area (Å²) in [6, 6.07) is 10.7. The highest BCUT2D eigenvalue weighted by Crippen LogP contribution is 2.11. The quantitative estimate of drug-likeness (QED) is 0.887. The highest BCUT2D eigenvalue weighted by atomic mass is 16.4. The van der Waals surface area contributed by atoms with Crippen LogP contribution in [0.25, 0.3) is 0 Å². The monoisotopic (exact) mass is 367 g/mol. The minimum absolute atomic E-state index is 0.0541. The second kappa shape index (κ2) is 7.99. The maximum Gasteiger partial charge on any atom is 0.354 e. The number of carboxylic acid groups (broad SMARTS) is 1. The summed E-state index contributed by atoms with van der Waals surface area (Å²) in [6.45, 7) is 3.86. The summed E-state index contributed by atoms with van der Waals surface area (Å²) in [4.78, 5) is 43.0. The van der Waals surface area contributed by atoms with Gasteiger partial charge in [0.1, 0.15) is 5.69 Å². The molecule has 140 valence electrons. The number of rotatable bonds is 4. The normalized spacial score (nSPS) is 14.1. The third-order valence-electron chi connectivity index (χ3n) is 4.63. The number of aromatic carboxylic acids is 1. The number of hydrogen-bond acceptors (Lipinski definition) is 4. The van der Waals surface area contributed by atoms with Crippen molar-refractivity contribution in [1.29, 1.82) is 0 Å². The van der Waals surface area contributed by atoms with Gasteiger partial charge in [-0.3, -0.25) is 9.59 Å². The lowest BCUT2D eigenvalue weighted by Crippen LogP contribution is -2.51. The van der Waals surface area contributed by atoms with Gasteiger partial charge < -0.3 is 14.9 Å². The maximum absolute atomic E-state index is 12.5. The number of pyridine rings is 1. The van der Waals surface area contributed by atoms with E-state index in [4.69, 9.17) is 5.11 Å². The van der Waals surface area contributed by atoms with E-state index in [1.807, 2.05) is 31.2 Å². The van der Waals surface area contributed by atoms with Crippen molar-refractivity contribution < 1.29 is 19.5 Å². The third kappa shape index (κ3) is 4.49. The molecule has 0 radical (unpaired) electrons. The van der Waals surface area contributed by atoms with Crippen LogP contribution in [0.2, 0.25) is 0 Å². The Morgan fingerprint density at radius 2 is 1.59 bits per heavy atom. The van der Waals surface area contributed by atoms with Crippen LogP contribution in [0.3, 0.4) is 0 Å². The molecule has 2 heterocycles. The van der Waals surface area contributed by atoms with Crippen molar-refractivity contribution in [2.45, 2.75) is 13.3 Å². The smallest absolute Gasteiger partial charge is 0.354 e. The van der Waals surface area contributed by atoms with Gasteiger partial charge in [0.15, 0.2) is 0 Å². The zero-order valence-corrected chi connectivity index (χ0v) is 15.1. The molecule has 0 aliphatic carbocycles. The van der Waals surface area contributed by atoms with Crippen LogP contribution in [0.5, 0.6) is 0 Å². The summed E-state index contributed by atoms with van der Waals surface area (Å²) in [5, 5.41) is 8.87. The molecular formula is C20H21N3O4. The Hall–Kier alpha value is -3.22. The molecule has 1 aliphatic rings. The van der Waals surface area contributed by atoms with Crippen LogP contribution in [0.15, 0.2) is 42.6 Å². The number of hydrogen-bond donors (Lipinski definition) is 1. The van der Waals surface area contributed by atoms with Crippen LogP contribution in [0, 0.1) is 6.92 Å². The summed E-state index contributed by atoms with van der Waals surface area (Å²) in [5.74, 6) is -1.28. The summed E-state index contributed by atoms with van der Waals surface area (Å²) in [5.41, 5.74) is 2.38. The van der Waals surface area contributed by atoms with Gasteiger partial charge in [-0.2, -0.15) is 0 Å². The molecular weight excluding hydrogens is 346 g/mol. The zero-order valence-electron chi connectivity index (χ0n) is 15.1. The van der Waals surface area contributed by atoms with Crippen LogP contribution < -0.4 is 0 Å². The van der Waals surface area contributed by atoms with E-state index in [9.17, 15) is 14.4 Å². The van der Waals surface area contributed by atoms with Crippen molar-refractivity contribution in [3.63, 3.8) is 0 Å². The van der Waals surface area contributed by atoms with E-state index >= 15 is 0 Å². The van der Waals surface area contributed by atoms with Crippen molar-refractivity contribution in [1.82, 2.24) is 14.8 Å². The maximum atomic E-state index is 12.5. The van der Waals surface area contributed by atoms with Gasteiger partial charge in [0.2, 0.25) is 5.91 Å². The fraction of sp³-hybridized carbons (Fsp3) is 0.300. The summed E-state index contributed by atoms with van der Waals surface area (Å²) in [7, 11) is 0. The fourth-order valence-electron chi connectivity index (χ4n) is 2.98. The van der Waals surface area contributed by atoms with Gasteiger partial charge in [-0.15, -0.1) is 0 Å². The van der Waals surface area contributed by atoms with E-state index in [0.29, 0.717) is 38.2 Å². The van der Waals surface area contributed by atoms with Crippen LogP contribution in [-0.2, 0) is 11.2 Å². The van der Waals surface area contributed by atoms with Gasteiger partial charge in [-0.1, -0.05) is 29.8 Å². The highest BCUT2D eigenvalue weighted by molar-refractivity contribution is 5.95. The number of amides is 2. The SMILES string of the molecule is Cc1ccc(CC(=O)N2CCN(C(=O)c3ccc(C(=O)O)nc3)CC2)cc1. The lowest BCUT2D eigenvalue weighted by molar-refractivity contribution is -0.131. The molecule has 0 bridgehead atoms. The molecule has 1 aromatic heterocycles. The average molecular weight is 367 g/mol. The Balaban J connectivity index is 1.54. The predicted octanol–water partition coefficient (Wildman–Crippen LogP) is 1.62. The summed E-state index contributed by atoms with van der Waals surface area (Å²) < 4.78 is 0. The van der Waals surface area contributed by atoms with Crippen LogP contribution in [0.4, 0.5) is 0 Å². The summed E-state index contributed by atoms with van der Waals surface area (Å²) >= 11 is 0. The molecule has 0 unspecified atom stereocenters. The minimum Gasteiger partial charge on any atom is -0.477 e. The van der Waals surface area contributed by atoms with Gasteiger partial charge in [0.25, 0.3) is 5.91 Å². The van der Waals surface area contributed by atoms with Crippen molar-refractivity contribution in [2.75, 3.05) is 26.2 Å². The van der Waals surface area contributed by atoms with Crippen molar-refractivity contribution in [2.24, 2.45) is 0 Å². The van der Waals surface area contributed by atoms with Crippen molar-refractivity contribution in [3.05, 3.63) is 65.0 Å². The van der Waals surface area contributed by atoms with Crippen LogP contribution in [-0.4, -0.2) is 63.9 Å². The number of carboxylic acids is 1. The number of benzene rings is 1. The van der Waals surface area contributed by atoms with Gasteiger partial charge in [0, 0.05) is 32.4 Å². The molecule has 1 saturated heterocycles. The number of aryl methyl sites for hydroxylation is 1. The molecule has 1 N–H and O–H groups in total. The van der Waals surface area contributed by atoms with Gasteiger partial charge in [-0.05, 0) is 24.6 Å². The largest absolute Gasteiger partial charge is 0.477 e. The zero-order chi connectivity index (χ0) is 19.4. The van der Waals surface area contributed by atoms with Crippen LogP contribution in [0.1, 0.15) is 32.0 Å². The molecule has 2 amide bonds. The molecule has 1 aliphatic heterocycles. The lowest BCUT2D eigenvalue weighted by Gasteiger charge is -2.34. The first-order chi connectivity index (χ1) is 12.9. The Kier molecular flexibility index (Phi) is 5.49. The Labute approximate surface area is 157 Å². The van der Waals surface area contributed by atoms with E-state index in [2.05, 4.69) is 4.98 Å². The molecule has 0 atom stereocenters. The molecule has 27 heavy (non-hydrogen) atoms. The van der Waals surface area contributed by atoms with Gasteiger partial charge in [0.05, 0.1) is 12.0 Å². The van der Waals surface area contributed by atoms with Gasteiger partial charge in [-0.25, -0.2) is 9.78 Å². The second-order valence-electron chi connectivity index (χ2n) is 6.57. The fourth-order valence-corrected chi connectivity index (χ4v) is 2.98. The first-order valence-corrected chi connectivity index (χ1v) is 8.76. The Morgan fingerprint density at radius 1 is 0.963 bits per heavy atom. The molecule has 7 heteroatoms. The Bertz CT molecular complexity index is 839. The molecule has 2 aromatic rings. The van der Waals surface area contributed by atoms with E-state index in [-0.39, 0.29) is 17.5 Å². The highest BCUT2D eigenvalue weighted by Gasteiger charge is 2.25. The average Bonchev–Trinajstić information content (AvgIpc) is 2.69. The minimum atomic E-state index is -1.13. The number of aromatic nitrogens is 1. The number of carbonyl (C=O) groups excluding carboxylic acids is 2. The first kappa shape index (κ1) is 18.6. The molecule has 7 nitrogen and oxygen atoms in total. The van der Waals surface area contributed by atoms with E-state index in [0.717, 1.165) is 11.1 Å². The molecule has 1 aromatic carbocycles. The predicted molar refractivity (Wildman–Crippen MR) is 98.6 cm³/mol. The number of carbonyl (C=O) groups is 3. The van der Waals surface area contributed by atoms with E-state index in [1.165, 1.54) is 18.3 Å². The lowest BCUT2D eigenvalue weighted by atomic mass is 10.1. The standard InChI is InChI=1S/C20H21N3O4/c1-14-2-4-15(5-3-14)12-18(24)22-8-10-23(11-9-22)19(25)16-6-7-17(20(26)27)21-13-16/h2-7,13H,8-12H2,1H3,(H,26,27). The second-order valence-corrected chi connectivity index (χ2v) is 6.57. The summed E-state index contributed by atoms with van der Waals surface area (Å²) in [6.07, 6.45) is 1.63. The van der Waals surface area contributed by atoms with Crippen molar-refractivity contribution in [3.8, 4) is 0 Å². The van der Waals surface area contributed by atoms with Crippen LogP contribution >= 0.6 is 0 Å². The van der Waals surface area contributed by atoms with Gasteiger partial charge >= 0.3 is 5.97 Å². The molecule has 0 saturated carbocycles. The molecule has 3 rings (SSSR count). The third-order valence-corrected chi connectivity index (χ3v) is 4.63. The number of piperazine rings is 1. The number of nitrogens with zero attached hydrogens (tertiary/aromatic N) is 3. The van der Waals surface area contributed by atoms with E-state index < -0.39 is 5.97 Å². The van der Waals surface area contributed by atoms with Crippen molar-refractivity contribution >= 4 is 17.8 Å². The Morgan fingerprint density at radius 3 is 2.15 bits per heavy atom. The topological polar surface area (TPSA) is 90.8 Å².